The molecule has 1 aromatic heterocycles. The first-order valence-electron chi connectivity index (χ1n) is 5.25. The summed E-state index contributed by atoms with van der Waals surface area (Å²) in [4.78, 5) is 12.6. The van der Waals surface area contributed by atoms with E-state index >= 15 is 0 Å². The van der Waals surface area contributed by atoms with Gasteiger partial charge in [-0.2, -0.15) is 0 Å². The first-order chi connectivity index (χ1) is 8.18. The third kappa shape index (κ3) is 2.89. The second-order valence-corrected chi connectivity index (χ2v) is 4.57. The van der Waals surface area contributed by atoms with E-state index in [1.807, 2.05) is 11.6 Å². The fourth-order valence-electron chi connectivity index (χ4n) is 1.60. The number of thioether (sulfide) groups is 1. The van der Waals surface area contributed by atoms with Crippen molar-refractivity contribution in [3.63, 3.8) is 0 Å². The number of carboxylic acid groups (broad SMARTS) is 1. The fraction of sp³-hybridized carbons (Fsp3) is 0.667. The number of morpholine rings is 1. The van der Waals surface area contributed by atoms with Crippen molar-refractivity contribution in [1.82, 2.24) is 14.8 Å². The molecule has 2 heterocycles. The smallest absolute Gasteiger partial charge is 0.313 e. The second kappa shape index (κ2) is 5.37. The molecule has 0 unspecified atom stereocenters. The number of anilines is 1. The molecule has 0 radical (unpaired) electrons. The van der Waals surface area contributed by atoms with Crippen LogP contribution in [0.3, 0.4) is 0 Å². The highest BCUT2D eigenvalue weighted by molar-refractivity contribution is 7.99. The molecule has 0 aromatic carbocycles. The number of carbonyl (C=O) groups is 1. The van der Waals surface area contributed by atoms with Crippen molar-refractivity contribution >= 4 is 23.7 Å². The lowest BCUT2D eigenvalue weighted by molar-refractivity contribution is -0.133. The van der Waals surface area contributed by atoms with E-state index in [0.29, 0.717) is 18.4 Å². The summed E-state index contributed by atoms with van der Waals surface area (Å²) >= 11 is 1.17. The Hall–Kier alpha value is -1.28. The molecule has 0 spiro atoms. The zero-order valence-electron chi connectivity index (χ0n) is 9.50. The van der Waals surface area contributed by atoms with E-state index in [1.54, 1.807) is 0 Å². The third-order valence-electron chi connectivity index (χ3n) is 2.43. The molecular weight excluding hydrogens is 244 g/mol. The molecule has 1 aliphatic heterocycles. The summed E-state index contributed by atoms with van der Waals surface area (Å²) in [5.41, 5.74) is 0. The Balaban J connectivity index is 2.05. The zero-order valence-corrected chi connectivity index (χ0v) is 10.3. The van der Waals surface area contributed by atoms with Gasteiger partial charge in [-0.05, 0) is 0 Å². The van der Waals surface area contributed by atoms with Crippen molar-refractivity contribution in [2.75, 3.05) is 37.0 Å². The van der Waals surface area contributed by atoms with Gasteiger partial charge in [0.15, 0.2) is 5.16 Å². The first-order valence-corrected chi connectivity index (χ1v) is 6.23. The predicted molar refractivity (Wildman–Crippen MR) is 62.4 cm³/mol. The van der Waals surface area contributed by atoms with Gasteiger partial charge in [0.2, 0.25) is 5.95 Å². The minimum absolute atomic E-state index is 0.00488. The van der Waals surface area contributed by atoms with Crippen molar-refractivity contribution < 1.29 is 14.6 Å². The van der Waals surface area contributed by atoms with Gasteiger partial charge >= 0.3 is 5.97 Å². The molecule has 1 N–H and O–H groups in total. The maximum Gasteiger partial charge on any atom is 0.313 e. The van der Waals surface area contributed by atoms with Crippen LogP contribution in [0.15, 0.2) is 5.16 Å². The largest absolute Gasteiger partial charge is 0.481 e. The summed E-state index contributed by atoms with van der Waals surface area (Å²) in [5.74, 6) is -0.0955. The molecule has 1 aliphatic rings. The number of hydrogen-bond acceptors (Lipinski definition) is 6. The molecule has 0 amide bonds. The number of ether oxygens (including phenoxy) is 1. The Morgan fingerprint density at radius 1 is 1.47 bits per heavy atom. The molecule has 1 saturated heterocycles. The molecule has 2 rings (SSSR count). The minimum atomic E-state index is -0.856. The van der Waals surface area contributed by atoms with Crippen LogP contribution < -0.4 is 4.90 Å². The van der Waals surface area contributed by atoms with Gasteiger partial charge in [0.05, 0.1) is 19.0 Å². The SMILES string of the molecule is Cn1c(SCC(=O)O)nnc1N1CCOCC1. The van der Waals surface area contributed by atoms with Crippen LogP contribution in [-0.2, 0) is 16.6 Å². The maximum atomic E-state index is 10.5. The summed E-state index contributed by atoms with van der Waals surface area (Å²) in [7, 11) is 1.84. The molecule has 0 aliphatic carbocycles. The summed E-state index contributed by atoms with van der Waals surface area (Å²) in [6.45, 7) is 2.94. The van der Waals surface area contributed by atoms with E-state index in [1.165, 1.54) is 11.8 Å². The lowest BCUT2D eigenvalue weighted by Gasteiger charge is -2.27. The molecule has 0 saturated carbocycles. The summed E-state index contributed by atoms with van der Waals surface area (Å²) in [6.07, 6.45) is 0. The van der Waals surface area contributed by atoms with Crippen LogP contribution in [0.4, 0.5) is 5.95 Å². The standard InChI is InChI=1S/C9H14N4O3S/c1-12-8(13-2-4-16-5-3-13)10-11-9(12)17-6-7(14)15/h2-6H2,1H3,(H,14,15). The van der Waals surface area contributed by atoms with Gasteiger partial charge in [-0.1, -0.05) is 11.8 Å². The quantitative estimate of drug-likeness (QED) is 0.751. The molecule has 1 fully saturated rings. The van der Waals surface area contributed by atoms with Crippen LogP contribution in [0, 0.1) is 0 Å². The van der Waals surface area contributed by atoms with Crippen LogP contribution in [-0.4, -0.2) is 57.9 Å². The van der Waals surface area contributed by atoms with Gasteiger partial charge in [0.1, 0.15) is 0 Å². The topological polar surface area (TPSA) is 80.5 Å². The molecule has 8 heteroatoms. The van der Waals surface area contributed by atoms with E-state index < -0.39 is 5.97 Å². The van der Waals surface area contributed by atoms with Gasteiger partial charge < -0.3 is 14.7 Å². The van der Waals surface area contributed by atoms with Crippen LogP contribution in [0.5, 0.6) is 0 Å². The Morgan fingerprint density at radius 2 is 2.18 bits per heavy atom. The van der Waals surface area contributed by atoms with Gasteiger partial charge in [0.25, 0.3) is 0 Å². The number of nitrogens with zero attached hydrogens (tertiary/aromatic N) is 4. The zero-order chi connectivity index (χ0) is 12.3. The van der Waals surface area contributed by atoms with E-state index in [9.17, 15) is 4.79 Å². The van der Waals surface area contributed by atoms with Gasteiger partial charge in [0, 0.05) is 20.1 Å². The molecule has 1 aromatic rings. The number of aromatic nitrogens is 3. The minimum Gasteiger partial charge on any atom is -0.481 e. The predicted octanol–water partition coefficient (Wildman–Crippen LogP) is -0.172. The molecule has 0 bridgehead atoms. The normalized spacial score (nSPS) is 16.2. The number of hydrogen-bond donors (Lipinski definition) is 1. The van der Waals surface area contributed by atoms with Crippen LogP contribution >= 0.6 is 11.8 Å². The Kier molecular flexibility index (Phi) is 3.85. The van der Waals surface area contributed by atoms with Crippen LogP contribution in [0.25, 0.3) is 0 Å². The van der Waals surface area contributed by atoms with Crippen molar-refractivity contribution in [2.24, 2.45) is 7.05 Å². The van der Waals surface area contributed by atoms with E-state index in [2.05, 4.69) is 15.1 Å². The van der Waals surface area contributed by atoms with E-state index in [4.69, 9.17) is 9.84 Å². The van der Waals surface area contributed by atoms with Crippen molar-refractivity contribution in [3.8, 4) is 0 Å². The summed E-state index contributed by atoms with van der Waals surface area (Å²) in [5, 5.41) is 17.3. The Bertz CT molecular complexity index is 403. The van der Waals surface area contributed by atoms with Gasteiger partial charge in [-0.15, -0.1) is 10.2 Å². The lowest BCUT2D eigenvalue weighted by Crippen LogP contribution is -2.37. The van der Waals surface area contributed by atoms with E-state index in [-0.39, 0.29) is 5.75 Å². The average molecular weight is 258 g/mol. The van der Waals surface area contributed by atoms with Crippen molar-refractivity contribution in [3.05, 3.63) is 0 Å². The van der Waals surface area contributed by atoms with Crippen molar-refractivity contribution in [1.29, 1.82) is 0 Å². The van der Waals surface area contributed by atoms with Crippen LogP contribution in [0.1, 0.15) is 0 Å². The molecule has 0 atom stereocenters. The third-order valence-corrected chi connectivity index (χ3v) is 3.44. The summed E-state index contributed by atoms with van der Waals surface area (Å²) < 4.78 is 7.08. The Morgan fingerprint density at radius 3 is 2.82 bits per heavy atom. The van der Waals surface area contributed by atoms with Gasteiger partial charge in [-0.25, -0.2) is 0 Å². The van der Waals surface area contributed by atoms with Gasteiger partial charge in [-0.3, -0.25) is 9.36 Å². The summed E-state index contributed by atoms with van der Waals surface area (Å²) in [6, 6.07) is 0. The molecule has 7 nitrogen and oxygen atoms in total. The fourth-order valence-corrected chi connectivity index (χ4v) is 2.22. The first kappa shape index (κ1) is 12.2. The second-order valence-electron chi connectivity index (χ2n) is 3.62. The number of carboxylic acids is 1. The number of rotatable bonds is 4. The monoisotopic (exact) mass is 258 g/mol. The highest BCUT2D eigenvalue weighted by atomic mass is 32.2. The molecule has 94 valence electrons. The van der Waals surface area contributed by atoms with E-state index in [0.717, 1.165) is 19.0 Å². The highest BCUT2D eigenvalue weighted by Crippen LogP contribution is 2.20. The molecular formula is C9H14N4O3S. The molecule has 17 heavy (non-hydrogen) atoms. The highest BCUT2D eigenvalue weighted by Gasteiger charge is 2.18. The average Bonchev–Trinajstić information content (AvgIpc) is 2.69. The van der Waals surface area contributed by atoms with Crippen molar-refractivity contribution in [2.45, 2.75) is 5.16 Å². The Labute approximate surface area is 103 Å². The lowest BCUT2D eigenvalue weighted by atomic mass is 10.4. The maximum absolute atomic E-state index is 10.5. The number of aliphatic carboxylic acids is 1. The van der Waals surface area contributed by atoms with Crippen LogP contribution in [0.2, 0.25) is 0 Å².